The monoisotopic (exact) mass is 577 g/mol. The Labute approximate surface area is 252 Å². The van der Waals surface area contributed by atoms with Gasteiger partial charge in [-0.15, -0.1) is 0 Å². The Morgan fingerprint density at radius 2 is 1.69 bits per heavy atom. The van der Waals surface area contributed by atoms with Crippen LogP contribution in [0.4, 0.5) is 10.1 Å². The number of rotatable bonds is 6. The molecule has 0 bridgehead atoms. The van der Waals surface area contributed by atoms with Gasteiger partial charge in [-0.1, -0.05) is 42.1 Å². The number of pyridine rings is 1. The molecule has 2 aliphatic heterocycles. The summed E-state index contributed by atoms with van der Waals surface area (Å²) in [4.78, 5) is 24.7. The number of hydrogen-bond acceptors (Lipinski definition) is 4. The minimum Gasteiger partial charge on any atom is -0.307 e. The summed E-state index contributed by atoms with van der Waals surface area (Å²) in [6, 6.07) is 23.3. The number of anilines is 1. The van der Waals surface area contributed by atoms with E-state index in [1.165, 1.54) is 34.4 Å². The molecule has 0 atom stereocenters. The Bertz CT molecular complexity index is 1640. The number of fused-ring (bicyclic) bond motifs is 2. The largest absolute Gasteiger partial charge is 0.307 e. The first-order valence-electron chi connectivity index (χ1n) is 14.6. The Morgan fingerprint density at radius 3 is 2.43 bits per heavy atom. The molecule has 0 saturated carbocycles. The van der Waals surface area contributed by atoms with E-state index in [1.807, 2.05) is 36.1 Å². The molecular formula is C36H36FN3OS. The van der Waals surface area contributed by atoms with Crippen molar-refractivity contribution in [3.05, 3.63) is 124 Å². The van der Waals surface area contributed by atoms with E-state index in [-0.39, 0.29) is 17.1 Å². The summed E-state index contributed by atoms with van der Waals surface area (Å²) in [5.41, 5.74) is 7.53. The molecule has 1 saturated heterocycles. The van der Waals surface area contributed by atoms with Gasteiger partial charge in [0.05, 0.1) is 0 Å². The highest BCUT2D eigenvalue weighted by Crippen LogP contribution is 2.49. The molecule has 6 rings (SSSR count). The second-order valence-electron chi connectivity index (χ2n) is 11.6. The summed E-state index contributed by atoms with van der Waals surface area (Å²) >= 11 is 1.63. The summed E-state index contributed by atoms with van der Waals surface area (Å²) < 4.78 is 13.5. The molecule has 3 heterocycles. The molecule has 4 nitrogen and oxygen atoms in total. The van der Waals surface area contributed by atoms with Crippen molar-refractivity contribution in [3.8, 4) is 0 Å². The van der Waals surface area contributed by atoms with E-state index in [0.29, 0.717) is 12.1 Å². The lowest BCUT2D eigenvalue weighted by molar-refractivity contribution is 0.0977. The minimum atomic E-state index is -0.233. The fourth-order valence-corrected chi connectivity index (χ4v) is 7.02. The van der Waals surface area contributed by atoms with Crippen LogP contribution < -0.4 is 4.90 Å². The number of carbonyl (C=O) groups is 1. The lowest BCUT2D eigenvalue weighted by atomic mass is 9.74. The number of benzene rings is 3. The smallest absolute Gasteiger partial charge is 0.258 e. The van der Waals surface area contributed by atoms with E-state index in [9.17, 15) is 9.18 Å². The third kappa shape index (κ3) is 5.92. The summed E-state index contributed by atoms with van der Waals surface area (Å²) in [5.74, 6) is -0.209. The summed E-state index contributed by atoms with van der Waals surface area (Å²) in [6.07, 6.45) is 8.17. The number of likely N-dealkylation sites (tertiary alicyclic amines) is 1. The standard InChI is InChI=1S/C36H36FN3OS/c1-25-6-7-28(21-26(25)2)5-4-18-39-19-15-36(16-20-39)24-40(35(41)29-14-17-38-27(3)22-29)34-13-12-32(23-33(34)36)42-31-10-8-30(37)9-11-31/h4-14,17,21-23H,15-16,18-20,24H2,1-3H3. The maximum absolute atomic E-state index is 13.8. The maximum Gasteiger partial charge on any atom is 0.258 e. The molecule has 0 unspecified atom stereocenters. The Hall–Kier alpha value is -3.74. The van der Waals surface area contributed by atoms with Crippen molar-refractivity contribution in [2.45, 2.75) is 48.8 Å². The van der Waals surface area contributed by atoms with Gasteiger partial charge in [-0.05, 0) is 124 Å². The maximum atomic E-state index is 13.8. The van der Waals surface area contributed by atoms with Gasteiger partial charge in [0.1, 0.15) is 5.82 Å². The van der Waals surface area contributed by atoms with E-state index in [4.69, 9.17) is 0 Å². The highest BCUT2D eigenvalue weighted by Gasteiger charge is 2.46. The third-order valence-corrected chi connectivity index (χ3v) is 9.74. The summed E-state index contributed by atoms with van der Waals surface area (Å²) in [5, 5.41) is 0. The first-order chi connectivity index (χ1) is 20.3. The average Bonchev–Trinajstić information content (AvgIpc) is 3.30. The number of piperidine rings is 1. The Balaban J connectivity index is 1.23. The van der Waals surface area contributed by atoms with Gasteiger partial charge in [0.15, 0.2) is 0 Å². The van der Waals surface area contributed by atoms with E-state index >= 15 is 0 Å². The minimum absolute atomic E-state index is 0.0244. The van der Waals surface area contributed by atoms with Gasteiger partial charge >= 0.3 is 0 Å². The van der Waals surface area contributed by atoms with Crippen molar-refractivity contribution in [3.63, 3.8) is 0 Å². The second-order valence-corrected chi connectivity index (χ2v) is 12.8. The zero-order chi connectivity index (χ0) is 29.3. The normalized spacial score (nSPS) is 16.3. The summed E-state index contributed by atoms with van der Waals surface area (Å²) in [7, 11) is 0. The van der Waals surface area contributed by atoms with Gasteiger partial charge < -0.3 is 4.90 Å². The lowest BCUT2D eigenvalue weighted by Crippen LogP contribution is -2.46. The van der Waals surface area contributed by atoms with Crippen LogP contribution in [0.25, 0.3) is 6.08 Å². The van der Waals surface area contributed by atoms with Crippen LogP contribution in [0.3, 0.4) is 0 Å². The highest BCUT2D eigenvalue weighted by atomic mass is 32.2. The van der Waals surface area contributed by atoms with Crippen LogP contribution in [0.15, 0.2) is 94.9 Å². The predicted molar refractivity (Wildman–Crippen MR) is 170 cm³/mol. The number of hydrogen-bond donors (Lipinski definition) is 0. The molecule has 214 valence electrons. The molecule has 2 aliphatic rings. The molecule has 0 aliphatic carbocycles. The van der Waals surface area contributed by atoms with E-state index in [1.54, 1.807) is 18.0 Å². The zero-order valence-electron chi connectivity index (χ0n) is 24.4. The molecule has 3 aromatic carbocycles. The second kappa shape index (κ2) is 11.9. The molecule has 4 aromatic rings. The van der Waals surface area contributed by atoms with Crippen LogP contribution >= 0.6 is 11.8 Å². The van der Waals surface area contributed by atoms with Crippen molar-refractivity contribution >= 4 is 29.4 Å². The highest BCUT2D eigenvalue weighted by molar-refractivity contribution is 7.99. The van der Waals surface area contributed by atoms with Crippen LogP contribution in [0, 0.1) is 26.6 Å². The molecule has 1 fully saturated rings. The zero-order valence-corrected chi connectivity index (χ0v) is 25.3. The van der Waals surface area contributed by atoms with Gasteiger partial charge in [-0.3, -0.25) is 14.7 Å². The summed E-state index contributed by atoms with van der Waals surface area (Å²) in [6.45, 7) is 9.76. The molecule has 42 heavy (non-hydrogen) atoms. The first kappa shape index (κ1) is 28.4. The van der Waals surface area contributed by atoms with Gasteiger partial charge in [0.2, 0.25) is 0 Å². The van der Waals surface area contributed by atoms with Crippen molar-refractivity contribution in [2.24, 2.45) is 0 Å². The van der Waals surface area contributed by atoms with Crippen LogP contribution in [-0.2, 0) is 5.41 Å². The van der Waals surface area contributed by atoms with Crippen molar-refractivity contribution in [2.75, 3.05) is 31.1 Å². The van der Waals surface area contributed by atoms with Crippen molar-refractivity contribution < 1.29 is 9.18 Å². The Kier molecular flexibility index (Phi) is 8.02. The SMILES string of the molecule is Cc1cc(C(=O)N2CC3(CCN(CC=Cc4ccc(C)c(C)c4)CC3)c3cc(Sc4ccc(F)cc4)ccc32)ccn1. The van der Waals surface area contributed by atoms with E-state index in [0.717, 1.165) is 53.6 Å². The van der Waals surface area contributed by atoms with Crippen molar-refractivity contribution in [1.82, 2.24) is 9.88 Å². The van der Waals surface area contributed by atoms with Gasteiger partial charge in [0, 0.05) is 51.4 Å². The molecule has 1 spiro atoms. The van der Waals surface area contributed by atoms with Gasteiger partial charge in [-0.25, -0.2) is 4.39 Å². The van der Waals surface area contributed by atoms with Crippen LogP contribution in [-0.4, -0.2) is 42.0 Å². The number of amides is 1. The molecule has 1 aromatic heterocycles. The third-order valence-electron chi connectivity index (χ3n) is 8.75. The van der Waals surface area contributed by atoms with Crippen LogP contribution in [0.5, 0.6) is 0 Å². The molecule has 0 radical (unpaired) electrons. The first-order valence-corrected chi connectivity index (χ1v) is 15.4. The number of carbonyl (C=O) groups excluding carboxylic acids is 1. The van der Waals surface area contributed by atoms with Crippen LogP contribution in [0.1, 0.15) is 51.1 Å². The fraction of sp³-hybridized carbons (Fsp3) is 0.278. The van der Waals surface area contributed by atoms with Crippen LogP contribution in [0.2, 0.25) is 0 Å². The number of halogens is 1. The topological polar surface area (TPSA) is 36.4 Å². The number of aromatic nitrogens is 1. The Morgan fingerprint density at radius 1 is 0.929 bits per heavy atom. The number of aryl methyl sites for hydroxylation is 3. The molecule has 1 amide bonds. The number of nitrogens with zero attached hydrogens (tertiary/aromatic N) is 3. The van der Waals surface area contributed by atoms with E-state index < -0.39 is 0 Å². The van der Waals surface area contributed by atoms with Gasteiger partial charge in [-0.2, -0.15) is 0 Å². The fourth-order valence-electron chi connectivity index (χ4n) is 6.16. The average molecular weight is 578 g/mol. The molecule has 6 heteroatoms. The molecule has 0 N–H and O–H groups in total. The predicted octanol–water partition coefficient (Wildman–Crippen LogP) is 8.00. The molecular weight excluding hydrogens is 541 g/mol. The quantitative estimate of drug-likeness (QED) is 0.233. The lowest BCUT2D eigenvalue weighted by Gasteiger charge is -2.39. The van der Waals surface area contributed by atoms with E-state index in [2.05, 4.69) is 72.3 Å². The van der Waals surface area contributed by atoms with Crippen molar-refractivity contribution in [1.29, 1.82) is 0 Å². The van der Waals surface area contributed by atoms with Gasteiger partial charge in [0.25, 0.3) is 5.91 Å².